The summed E-state index contributed by atoms with van der Waals surface area (Å²) in [6, 6.07) is 7.13. The lowest BCUT2D eigenvalue weighted by Gasteiger charge is -1.94. The van der Waals surface area contributed by atoms with Crippen LogP contribution in [0, 0.1) is 0 Å². The van der Waals surface area contributed by atoms with Crippen molar-refractivity contribution < 1.29 is 4.52 Å². The highest BCUT2D eigenvalue weighted by Gasteiger charge is 2.09. The average molecular weight is 284 g/mol. The Balaban J connectivity index is 2.08. The summed E-state index contributed by atoms with van der Waals surface area (Å²) >= 11 is 7.03. The monoisotopic (exact) mass is 283 g/mol. The molecule has 0 bridgehead atoms. The molecule has 2 aromatic rings. The number of nitrogens with zero attached hydrogens (tertiary/aromatic N) is 3. The Bertz CT molecular complexity index is 554. The van der Waals surface area contributed by atoms with E-state index in [1.807, 2.05) is 12.1 Å². The Kier molecular flexibility index (Phi) is 4.06. The molecule has 1 heterocycles. The van der Waals surface area contributed by atoms with E-state index in [1.165, 1.54) is 11.8 Å². The van der Waals surface area contributed by atoms with Gasteiger partial charge in [-0.2, -0.15) is 10.1 Å². The molecule has 0 aliphatic carbocycles. The first-order valence-electron chi connectivity index (χ1n) is 4.93. The maximum Gasteiger partial charge on any atom is 0.257 e. The smallest absolute Gasteiger partial charge is 0.257 e. The molecule has 0 fully saturated rings. The third kappa shape index (κ3) is 3.14. The minimum Gasteiger partial charge on any atom is -0.377 e. The van der Waals surface area contributed by atoms with Crippen molar-refractivity contribution in [2.45, 2.75) is 5.75 Å². The first-order chi connectivity index (χ1) is 8.69. The summed E-state index contributed by atoms with van der Waals surface area (Å²) in [6.07, 6.45) is 0. The van der Waals surface area contributed by atoms with E-state index in [0.717, 1.165) is 5.56 Å². The van der Waals surface area contributed by atoms with E-state index < -0.39 is 0 Å². The number of amidine groups is 1. The lowest BCUT2D eigenvalue weighted by Crippen LogP contribution is -2.09. The molecule has 1 aromatic carbocycles. The highest BCUT2D eigenvalue weighted by molar-refractivity contribution is 8.13. The van der Waals surface area contributed by atoms with Crippen LogP contribution in [0.25, 0.3) is 11.5 Å². The molecule has 0 saturated heterocycles. The Morgan fingerprint density at radius 3 is 2.78 bits per heavy atom. The normalized spacial score (nSPS) is 11.7. The zero-order valence-electron chi connectivity index (χ0n) is 9.21. The topological polar surface area (TPSA) is 103 Å². The molecule has 0 saturated carbocycles. The largest absolute Gasteiger partial charge is 0.377 e. The molecule has 94 valence electrons. The fourth-order valence-corrected chi connectivity index (χ4v) is 1.79. The number of hydrazone groups is 1. The summed E-state index contributed by atoms with van der Waals surface area (Å²) in [5.74, 6) is 6.42. The van der Waals surface area contributed by atoms with Gasteiger partial charge in [0.15, 0.2) is 11.0 Å². The van der Waals surface area contributed by atoms with Gasteiger partial charge in [0.25, 0.3) is 5.89 Å². The van der Waals surface area contributed by atoms with Crippen LogP contribution in [-0.4, -0.2) is 15.3 Å². The number of benzene rings is 1. The Hall–Kier alpha value is -1.73. The van der Waals surface area contributed by atoms with Crippen LogP contribution >= 0.6 is 23.4 Å². The number of nitrogens with two attached hydrogens (primary N) is 2. The maximum atomic E-state index is 5.80. The van der Waals surface area contributed by atoms with Gasteiger partial charge in [-0.1, -0.05) is 28.5 Å². The molecule has 18 heavy (non-hydrogen) atoms. The molecule has 0 unspecified atom stereocenters. The van der Waals surface area contributed by atoms with Crippen molar-refractivity contribution in [1.82, 2.24) is 10.1 Å². The van der Waals surface area contributed by atoms with E-state index in [2.05, 4.69) is 15.2 Å². The van der Waals surface area contributed by atoms with Crippen molar-refractivity contribution in [3.8, 4) is 11.5 Å². The van der Waals surface area contributed by atoms with E-state index in [4.69, 9.17) is 27.7 Å². The third-order valence-corrected chi connectivity index (χ3v) is 3.09. The van der Waals surface area contributed by atoms with Gasteiger partial charge in [-0.3, -0.25) is 0 Å². The average Bonchev–Trinajstić information content (AvgIpc) is 2.85. The van der Waals surface area contributed by atoms with Gasteiger partial charge in [0.1, 0.15) is 0 Å². The predicted octanol–water partition coefficient (Wildman–Crippen LogP) is 1.81. The van der Waals surface area contributed by atoms with Crippen molar-refractivity contribution in [3.05, 3.63) is 35.1 Å². The number of hydrogen-bond donors (Lipinski definition) is 2. The van der Waals surface area contributed by atoms with Crippen molar-refractivity contribution in [2.75, 3.05) is 0 Å². The first kappa shape index (κ1) is 12.7. The van der Waals surface area contributed by atoms with Gasteiger partial charge in [-0.15, -0.1) is 0 Å². The van der Waals surface area contributed by atoms with Gasteiger partial charge in [-0.05, 0) is 24.3 Å². The quantitative estimate of drug-likeness (QED) is 0.385. The highest BCUT2D eigenvalue weighted by atomic mass is 35.5. The van der Waals surface area contributed by atoms with Crippen LogP contribution in [-0.2, 0) is 5.75 Å². The molecule has 1 aromatic heterocycles. The van der Waals surface area contributed by atoms with Crippen molar-refractivity contribution in [3.63, 3.8) is 0 Å². The minimum atomic E-state index is 0.271. The maximum absolute atomic E-state index is 5.80. The summed E-state index contributed by atoms with van der Waals surface area (Å²) in [5, 5.41) is 8.09. The number of hydrogen-bond acceptors (Lipinski definition) is 6. The fraction of sp³-hybridized carbons (Fsp3) is 0.100. The van der Waals surface area contributed by atoms with Gasteiger partial charge in [0, 0.05) is 10.6 Å². The lowest BCUT2D eigenvalue weighted by atomic mass is 10.2. The molecule has 0 amide bonds. The number of halogens is 1. The number of rotatable bonds is 3. The van der Waals surface area contributed by atoms with Crippen LogP contribution in [0.2, 0.25) is 5.02 Å². The molecule has 2 rings (SSSR count). The third-order valence-electron chi connectivity index (χ3n) is 2.04. The minimum absolute atomic E-state index is 0.271. The summed E-state index contributed by atoms with van der Waals surface area (Å²) in [6.45, 7) is 0. The summed E-state index contributed by atoms with van der Waals surface area (Å²) in [4.78, 5) is 4.22. The molecular weight excluding hydrogens is 274 g/mol. The molecule has 4 N–H and O–H groups in total. The second kappa shape index (κ2) is 5.74. The lowest BCUT2D eigenvalue weighted by molar-refractivity contribution is 0.425. The zero-order valence-corrected chi connectivity index (χ0v) is 10.8. The van der Waals surface area contributed by atoms with E-state index in [9.17, 15) is 0 Å². The van der Waals surface area contributed by atoms with Crippen LogP contribution in [0.5, 0.6) is 0 Å². The first-order valence-corrected chi connectivity index (χ1v) is 6.30. The molecule has 0 atom stereocenters. The summed E-state index contributed by atoms with van der Waals surface area (Å²) in [5.41, 5.74) is 6.25. The van der Waals surface area contributed by atoms with Crippen LogP contribution in [0.15, 0.2) is 33.9 Å². The van der Waals surface area contributed by atoms with Crippen LogP contribution in [0.3, 0.4) is 0 Å². The van der Waals surface area contributed by atoms with E-state index in [-0.39, 0.29) is 5.17 Å². The summed E-state index contributed by atoms with van der Waals surface area (Å²) in [7, 11) is 0. The Morgan fingerprint density at radius 2 is 2.11 bits per heavy atom. The number of thioether (sulfide) groups is 1. The second-order valence-electron chi connectivity index (χ2n) is 3.28. The molecule has 6 nitrogen and oxygen atoms in total. The van der Waals surface area contributed by atoms with Crippen LogP contribution < -0.4 is 11.6 Å². The van der Waals surface area contributed by atoms with Gasteiger partial charge in [-0.25, -0.2) is 0 Å². The van der Waals surface area contributed by atoms with E-state index in [1.54, 1.807) is 12.1 Å². The van der Waals surface area contributed by atoms with Crippen LogP contribution in [0.4, 0.5) is 0 Å². The molecule has 0 aliphatic heterocycles. The Morgan fingerprint density at radius 1 is 1.39 bits per heavy atom. The van der Waals surface area contributed by atoms with Crippen molar-refractivity contribution in [1.29, 1.82) is 0 Å². The fourth-order valence-electron chi connectivity index (χ4n) is 1.20. The van der Waals surface area contributed by atoms with Crippen LogP contribution in [0.1, 0.15) is 5.82 Å². The van der Waals surface area contributed by atoms with Gasteiger partial charge < -0.3 is 16.1 Å². The zero-order chi connectivity index (χ0) is 13.0. The molecule has 0 radical (unpaired) electrons. The number of aromatic nitrogens is 2. The molecule has 8 heteroatoms. The molecular formula is C10H10ClN5OS. The van der Waals surface area contributed by atoms with Gasteiger partial charge >= 0.3 is 0 Å². The predicted molar refractivity (Wildman–Crippen MR) is 71.8 cm³/mol. The second-order valence-corrected chi connectivity index (χ2v) is 4.71. The summed E-state index contributed by atoms with van der Waals surface area (Å²) < 4.78 is 5.13. The van der Waals surface area contributed by atoms with E-state index >= 15 is 0 Å². The molecule has 0 spiro atoms. The van der Waals surface area contributed by atoms with Gasteiger partial charge in [0.05, 0.1) is 5.75 Å². The highest BCUT2D eigenvalue weighted by Crippen LogP contribution is 2.20. The van der Waals surface area contributed by atoms with Crippen molar-refractivity contribution >= 4 is 28.5 Å². The Labute approximate surface area is 112 Å². The van der Waals surface area contributed by atoms with E-state index in [0.29, 0.717) is 22.5 Å². The van der Waals surface area contributed by atoms with Gasteiger partial charge in [0.2, 0.25) is 0 Å². The standard InChI is InChI=1S/C10H10ClN5OS/c11-7-3-1-6(2-4-7)9-14-8(16-17-9)5-18-10(12)15-13/h1-4H,5,13H2,(H2,12,15). The molecule has 0 aliphatic rings. The SMILES string of the molecule is NN=C(N)SCc1noc(-c2ccc(Cl)cc2)n1. The van der Waals surface area contributed by atoms with Crippen molar-refractivity contribution in [2.24, 2.45) is 16.7 Å².